The predicted molar refractivity (Wildman–Crippen MR) is 85.1 cm³/mol. The second-order valence-electron chi connectivity index (χ2n) is 5.31. The van der Waals surface area contributed by atoms with E-state index >= 15 is 0 Å². The number of unbranched alkanes of at least 4 members (excludes halogenated alkanes) is 1. The van der Waals surface area contributed by atoms with Crippen LogP contribution in [0.3, 0.4) is 0 Å². The molecular formula is C16H19FN6. The maximum absolute atomic E-state index is 13.4. The van der Waals surface area contributed by atoms with Crippen molar-refractivity contribution < 1.29 is 4.39 Å². The largest absolute Gasteiger partial charge is 0.348 e. The SMILES string of the molecule is CCCCn1nc(-c2cncc(F)c2)nc1-c1nc[nH]c1CC. The van der Waals surface area contributed by atoms with E-state index in [1.807, 2.05) is 4.68 Å². The van der Waals surface area contributed by atoms with Gasteiger partial charge in [0.25, 0.3) is 0 Å². The number of aromatic nitrogens is 6. The van der Waals surface area contributed by atoms with Crippen molar-refractivity contribution in [3.8, 4) is 22.9 Å². The van der Waals surface area contributed by atoms with Crippen LogP contribution in [0, 0.1) is 5.82 Å². The van der Waals surface area contributed by atoms with Gasteiger partial charge in [-0.05, 0) is 18.9 Å². The normalized spacial score (nSPS) is 11.1. The Morgan fingerprint density at radius 2 is 2.13 bits per heavy atom. The Labute approximate surface area is 133 Å². The molecule has 0 aromatic carbocycles. The maximum Gasteiger partial charge on any atom is 0.183 e. The summed E-state index contributed by atoms with van der Waals surface area (Å²) in [5, 5.41) is 4.54. The number of pyridine rings is 1. The lowest BCUT2D eigenvalue weighted by Gasteiger charge is -2.04. The summed E-state index contributed by atoms with van der Waals surface area (Å²) in [4.78, 5) is 16.0. The first-order valence-corrected chi connectivity index (χ1v) is 7.81. The molecule has 0 fully saturated rings. The van der Waals surface area contributed by atoms with E-state index < -0.39 is 5.82 Å². The molecule has 3 aromatic rings. The van der Waals surface area contributed by atoms with Gasteiger partial charge >= 0.3 is 0 Å². The van der Waals surface area contributed by atoms with Crippen molar-refractivity contribution in [2.24, 2.45) is 0 Å². The molecule has 3 aromatic heterocycles. The summed E-state index contributed by atoms with van der Waals surface area (Å²) in [5.41, 5.74) is 2.38. The maximum atomic E-state index is 13.4. The summed E-state index contributed by atoms with van der Waals surface area (Å²) >= 11 is 0. The molecule has 0 radical (unpaired) electrons. The second kappa shape index (κ2) is 6.68. The molecule has 1 N–H and O–H groups in total. The first-order chi connectivity index (χ1) is 11.2. The van der Waals surface area contributed by atoms with E-state index in [1.165, 1.54) is 12.3 Å². The molecule has 0 saturated heterocycles. The summed E-state index contributed by atoms with van der Waals surface area (Å²) in [6.45, 7) is 4.93. The number of imidazole rings is 1. The molecule has 0 spiro atoms. The average Bonchev–Trinajstić information content (AvgIpc) is 3.19. The van der Waals surface area contributed by atoms with Gasteiger partial charge in [0.2, 0.25) is 0 Å². The highest BCUT2D eigenvalue weighted by molar-refractivity contribution is 5.60. The standard InChI is InChI=1S/C16H19FN6/c1-3-5-6-23-16(14-13(4-2)19-10-20-14)21-15(22-23)11-7-12(17)9-18-8-11/h7-10H,3-6H2,1-2H3,(H,19,20). The third kappa shape index (κ3) is 3.13. The molecule has 0 saturated carbocycles. The Morgan fingerprint density at radius 3 is 2.87 bits per heavy atom. The Morgan fingerprint density at radius 1 is 1.26 bits per heavy atom. The highest BCUT2D eigenvalue weighted by Crippen LogP contribution is 2.24. The summed E-state index contributed by atoms with van der Waals surface area (Å²) in [6, 6.07) is 1.39. The van der Waals surface area contributed by atoms with Gasteiger partial charge in [-0.25, -0.2) is 19.0 Å². The van der Waals surface area contributed by atoms with E-state index in [2.05, 4.69) is 38.9 Å². The number of rotatable bonds is 6. The minimum Gasteiger partial charge on any atom is -0.348 e. The van der Waals surface area contributed by atoms with Crippen molar-refractivity contribution in [3.63, 3.8) is 0 Å². The van der Waals surface area contributed by atoms with Crippen LogP contribution in [0.15, 0.2) is 24.8 Å². The molecule has 0 aliphatic carbocycles. The van der Waals surface area contributed by atoms with Crippen LogP contribution in [0.2, 0.25) is 0 Å². The van der Waals surface area contributed by atoms with Crippen LogP contribution in [0.25, 0.3) is 22.9 Å². The van der Waals surface area contributed by atoms with Gasteiger partial charge in [-0.1, -0.05) is 20.3 Å². The molecular weight excluding hydrogens is 295 g/mol. The van der Waals surface area contributed by atoms with Gasteiger partial charge < -0.3 is 4.98 Å². The molecule has 3 heterocycles. The number of H-pyrrole nitrogens is 1. The summed E-state index contributed by atoms with van der Waals surface area (Å²) < 4.78 is 15.3. The Balaban J connectivity index is 2.07. The summed E-state index contributed by atoms with van der Waals surface area (Å²) in [7, 11) is 0. The fourth-order valence-electron chi connectivity index (χ4n) is 2.42. The van der Waals surface area contributed by atoms with Crippen molar-refractivity contribution in [3.05, 3.63) is 36.3 Å². The van der Waals surface area contributed by atoms with Gasteiger partial charge in [0, 0.05) is 24.0 Å². The minimum absolute atomic E-state index is 0.400. The number of halogens is 1. The fraction of sp³-hybridized carbons (Fsp3) is 0.375. The van der Waals surface area contributed by atoms with Gasteiger partial charge in [-0.15, -0.1) is 0 Å². The van der Waals surface area contributed by atoms with E-state index in [1.54, 1.807) is 12.5 Å². The van der Waals surface area contributed by atoms with Gasteiger partial charge in [-0.3, -0.25) is 4.98 Å². The first kappa shape index (κ1) is 15.3. The number of aryl methyl sites for hydroxylation is 2. The highest BCUT2D eigenvalue weighted by Gasteiger charge is 2.18. The Bertz CT molecular complexity index is 791. The van der Waals surface area contributed by atoms with Crippen molar-refractivity contribution in [2.75, 3.05) is 0 Å². The highest BCUT2D eigenvalue weighted by atomic mass is 19.1. The van der Waals surface area contributed by atoms with Crippen molar-refractivity contribution in [2.45, 2.75) is 39.7 Å². The lowest BCUT2D eigenvalue weighted by Crippen LogP contribution is -2.04. The molecule has 0 atom stereocenters. The van der Waals surface area contributed by atoms with Crippen LogP contribution in [0.5, 0.6) is 0 Å². The second-order valence-corrected chi connectivity index (χ2v) is 5.31. The van der Waals surface area contributed by atoms with E-state index in [4.69, 9.17) is 0 Å². The molecule has 7 heteroatoms. The van der Waals surface area contributed by atoms with Crippen molar-refractivity contribution in [1.82, 2.24) is 29.7 Å². The van der Waals surface area contributed by atoms with Crippen molar-refractivity contribution >= 4 is 0 Å². The summed E-state index contributed by atoms with van der Waals surface area (Å²) in [6.07, 6.45) is 7.27. The zero-order valence-corrected chi connectivity index (χ0v) is 13.3. The third-order valence-corrected chi connectivity index (χ3v) is 3.64. The number of aromatic amines is 1. The van der Waals surface area contributed by atoms with Crippen LogP contribution < -0.4 is 0 Å². The van der Waals surface area contributed by atoms with Gasteiger partial charge in [0.15, 0.2) is 11.6 Å². The van der Waals surface area contributed by atoms with Crippen LogP contribution in [0.1, 0.15) is 32.4 Å². The molecule has 0 aliphatic rings. The van der Waals surface area contributed by atoms with Crippen LogP contribution in [-0.2, 0) is 13.0 Å². The third-order valence-electron chi connectivity index (χ3n) is 3.64. The number of nitrogens with one attached hydrogen (secondary N) is 1. The lowest BCUT2D eigenvalue weighted by atomic mass is 10.2. The molecule has 23 heavy (non-hydrogen) atoms. The van der Waals surface area contributed by atoms with Gasteiger partial charge in [0.1, 0.15) is 11.5 Å². The molecule has 0 unspecified atom stereocenters. The molecule has 0 aliphatic heterocycles. The molecule has 3 rings (SSSR count). The van der Waals surface area contributed by atoms with E-state index in [-0.39, 0.29) is 0 Å². The van der Waals surface area contributed by atoms with Crippen LogP contribution in [0.4, 0.5) is 4.39 Å². The minimum atomic E-state index is -0.400. The fourth-order valence-corrected chi connectivity index (χ4v) is 2.42. The average molecular weight is 314 g/mol. The zero-order valence-electron chi connectivity index (χ0n) is 13.3. The zero-order chi connectivity index (χ0) is 16.2. The van der Waals surface area contributed by atoms with Crippen LogP contribution >= 0.6 is 0 Å². The lowest BCUT2D eigenvalue weighted by molar-refractivity contribution is 0.576. The topological polar surface area (TPSA) is 72.3 Å². The van der Waals surface area contributed by atoms with Crippen LogP contribution in [-0.4, -0.2) is 29.7 Å². The number of nitrogens with zero attached hydrogens (tertiary/aromatic N) is 5. The van der Waals surface area contributed by atoms with E-state index in [9.17, 15) is 4.39 Å². The quantitative estimate of drug-likeness (QED) is 0.758. The van der Waals surface area contributed by atoms with Crippen molar-refractivity contribution in [1.29, 1.82) is 0 Å². The predicted octanol–water partition coefficient (Wildman–Crippen LogP) is 3.23. The Hall–Kier alpha value is -2.57. The summed E-state index contributed by atoms with van der Waals surface area (Å²) in [5.74, 6) is 0.770. The number of hydrogen-bond donors (Lipinski definition) is 1. The van der Waals surface area contributed by atoms with Gasteiger partial charge in [-0.2, -0.15) is 5.10 Å². The Kier molecular flexibility index (Phi) is 4.45. The smallest absolute Gasteiger partial charge is 0.183 e. The molecule has 0 bridgehead atoms. The number of hydrogen-bond acceptors (Lipinski definition) is 4. The van der Waals surface area contributed by atoms with E-state index in [0.29, 0.717) is 17.2 Å². The first-order valence-electron chi connectivity index (χ1n) is 7.81. The van der Waals surface area contributed by atoms with E-state index in [0.717, 1.165) is 37.2 Å². The van der Waals surface area contributed by atoms with Gasteiger partial charge in [0.05, 0.1) is 12.5 Å². The molecule has 6 nitrogen and oxygen atoms in total. The molecule has 120 valence electrons. The monoisotopic (exact) mass is 314 g/mol. The molecule has 0 amide bonds.